The smallest absolute Gasteiger partial charge is 0.244 e. The quantitative estimate of drug-likeness (QED) is 0.606. The molecule has 4 rings (SSSR count). The SMILES string of the molecule is COc1cccc(-c2[nH]nc3c2C(c2cc(OC)c(OC)c(OC)c2)C(C#N)C(=N)O3)c1. The van der Waals surface area contributed by atoms with Gasteiger partial charge >= 0.3 is 0 Å². The van der Waals surface area contributed by atoms with Crippen molar-refractivity contribution < 1.29 is 23.7 Å². The van der Waals surface area contributed by atoms with E-state index < -0.39 is 11.8 Å². The largest absolute Gasteiger partial charge is 0.497 e. The van der Waals surface area contributed by atoms with E-state index >= 15 is 0 Å². The van der Waals surface area contributed by atoms with Crippen LogP contribution >= 0.6 is 0 Å². The highest BCUT2D eigenvalue weighted by Crippen LogP contribution is 2.49. The fourth-order valence-corrected chi connectivity index (χ4v) is 3.96. The minimum atomic E-state index is -0.882. The van der Waals surface area contributed by atoms with Gasteiger partial charge in [-0.05, 0) is 29.8 Å². The van der Waals surface area contributed by atoms with Crippen molar-refractivity contribution in [1.82, 2.24) is 10.2 Å². The van der Waals surface area contributed by atoms with Crippen molar-refractivity contribution in [2.24, 2.45) is 5.92 Å². The monoisotopic (exact) mass is 434 g/mol. The summed E-state index contributed by atoms with van der Waals surface area (Å²) in [7, 11) is 6.17. The van der Waals surface area contributed by atoms with E-state index in [2.05, 4.69) is 16.3 Å². The van der Waals surface area contributed by atoms with E-state index in [0.717, 1.165) is 5.56 Å². The molecular weight excluding hydrogens is 412 g/mol. The lowest BCUT2D eigenvalue weighted by Crippen LogP contribution is -2.31. The number of fused-ring (bicyclic) bond motifs is 1. The minimum absolute atomic E-state index is 0.178. The number of nitrogens with zero attached hydrogens (tertiary/aromatic N) is 2. The summed E-state index contributed by atoms with van der Waals surface area (Å²) in [5.74, 6) is 0.637. The molecule has 0 fully saturated rings. The molecule has 2 atom stereocenters. The molecule has 1 aliphatic rings. The average Bonchev–Trinajstić information content (AvgIpc) is 3.25. The van der Waals surface area contributed by atoms with Gasteiger partial charge in [0.25, 0.3) is 0 Å². The molecule has 0 spiro atoms. The van der Waals surface area contributed by atoms with Crippen LogP contribution in [-0.4, -0.2) is 44.5 Å². The number of nitriles is 1. The molecule has 2 unspecified atom stereocenters. The Morgan fingerprint density at radius 3 is 2.34 bits per heavy atom. The van der Waals surface area contributed by atoms with Gasteiger partial charge in [-0.1, -0.05) is 12.1 Å². The number of aromatic nitrogens is 2. The van der Waals surface area contributed by atoms with Gasteiger partial charge in [0.15, 0.2) is 11.5 Å². The molecule has 0 aliphatic carbocycles. The summed E-state index contributed by atoms with van der Waals surface area (Å²) in [5, 5.41) is 25.5. The molecule has 0 amide bonds. The fraction of sp³-hybridized carbons (Fsp3) is 0.261. The molecule has 2 heterocycles. The Morgan fingerprint density at radius 1 is 1.03 bits per heavy atom. The van der Waals surface area contributed by atoms with Crippen LogP contribution in [0, 0.1) is 22.7 Å². The Kier molecular flexibility index (Phi) is 5.60. The van der Waals surface area contributed by atoms with E-state index in [9.17, 15) is 5.26 Å². The fourth-order valence-electron chi connectivity index (χ4n) is 3.96. The number of rotatable bonds is 6. The number of hydrogen-bond donors (Lipinski definition) is 2. The Labute approximate surface area is 185 Å². The molecule has 2 N–H and O–H groups in total. The Balaban J connectivity index is 1.96. The third kappa shape index (κ3) is 3.36. The topological polar surface area (TPSA) is 122 Å². The van der Waals surface area contributed by atoms with Crippen LogP contribution in [0.1, 0.15) is 17.0 Å². The molecule has 32 heavy (non-hydrogen) atoms. The van der Waals surface area contributed by atoms with E-state index in [4.69, 9.17) is 29.1 Å². The third-order valence-electron chi connectivity index (χ3n) is 5.45. The van der Waals surface area contributed by atoms with Crippen LogP contribution in [0.4, 0.5) is 0 Å². The maximum atomic E-state index is 9.95. The van der Waals surface area contributed by atoms with Crippen LogP contribution in [0.15, 0.2) is 36.4 Å². The molecule has 0 saturated carbocycles. The highest BCUT2D eigenvalue weighted by molar-refractivity contribution is 5.87. The summed E-state index contributed by atoms with van der Waals surface area (Å²) in [6.07, 6.45) is 0. The highest BCUT2D eigenvalue weighted by Gasteiger charge is 2.41. The van der Waals surface area contributed by atoms with Crippen LogP contribution in [0.25, 0.3) is 11.3 Å². The van der Waals surface area contributed by atoms with Gasteiger partial charge in [0.2, 0.25) is 17.5 Å². The Morgan fingerprint density at radius 2 is 1.75 bits per heavy atom. The number of ether oxygens (including phenoxy) is 5. The molecule has 0 bridgehead atoms. The maximum absolute atomic E-state index is 9.95. The lowest BCUT2D eigenvalue weighted by atomic mass is 9.78. The van der Waals surface area contributed by atoms with Gasteiger partial charge in [0.05, 0.1) is 45.8 Å². The van der Waals surface area contributed by atoms with Crippen LogP contribution in [0.3, 0.4) is 0 Å². The zero-order valence-corrected chi connectivity index (χ0v) is 18.1. The van der Waals surface area contributed by atoms with Gasteiger partial charge in [-0.3, -0.25) is 10.5 Å². The van der Waals surface area contributed by atoms with E-state index in [-0.39, 0.29) is 11.8 Å². The molecule has 1 aromatic heterocycles. The van der Waals surface area contributed by atoms with E-state index in [1.54, 1.807) is 19.2 Å². The van der Waals surface area contributed by atoms with Crippen molar-refractivity contribution in [1.29, 1.82) is 10.7 Å². The first-order chi connectivity index (χ1) is 15.6. The van der Waals surface area contributed by atoms with Gasteiger partial charge in [-0.2, -0.15) is 5.26 Å². The van der Waals surface area contributed by atoms with Gasteiger partial charge < -0.3 is 23.7 Å². The summed E-state index contributed by atoms with van der Waals surface area (Å²) in [6.45, 7) is 0. The molecule has 164 valence electrons. The Bertz CT molecular complexity index is 1190. The van der Waals surface area contributed by atoms with Crippen LogP contribution < -0.4 is 23.7 Å². The highest BCUT2D eigenvalue weighted by atomic mass is 16.5. The minimum Gasteiger partial charge on any atom is -0.497 e. The third-order valence-corrected chi connectivity index (χ3v) is 5.45. The summed E-state index contributed by atoms with van der Waals surface area (Å²) in [4.78, 5) is 0. The predicted octanol–water partition coefficient (Wildman–Crippen LogP) is 3.75. The summed E-state index contributed by atoms with van der Waals surface area (Å²) in [5.41, 5.74) is 2.84. The van der Waals surface area contributed by atoms with Gasteiger partial charge in [-0.15, -0.1) is 5.10 Å². The summed E-state index contributed by atoms with van der Waals surface area (Å²) < 4.78 is 27.4. The zero-order chi connectivity index (χ0) is 22.8. The predicted molar refractivity (Wildman–Crippen MR) is 116 cm³/mol. The van der Waals surface area contributed by atoms with E-state index in [1.807, 2.05) is 24.3 Å². The van der Waals surface area contributed by atoms with Gasteiger partial charge in [0.1, 0.15) is 11.7 Å². The number of H-pyrrole nitrogens is 1. The molecule has 0 saturated heterocycles. The molecule has 0 radical (unpaired) electrons. The lowest BCUT2D eigenvalue weighted by molar-refractivity contribution is 0.323. The first-order valence-corrected chi connectivity index (χ1v) is 9.74. The van der Waals surface area contributed by atoms with Crippen LogP contribution in [0.5, 0.6) is 28.9 Å². The zero-order valence-electron chi connectivity index (χ0n) is 18.1. The maximum Gasteiger partial charge on any atom is 0.244 e. The standard InChI is InChI=1S/C23H22N4O5/c1-28-14-7-5-6-12(8-14)20-19-18(15(11-24)22(25)32-23(19)27-26-20)13-9-16(29-2)21(31-4)17(10-13)30-3/h5-10,15,18,25H,1-4H3,(H,26,27). The van der Waals surface area contributed by atoms with Crippen molar-refractivity contribution >= 4 is 5.90 Å². The van der Waals surface area contributed by atoms with E-state index in [1.165, 1.54) is 21.3 Å². The molecule has 1 aliphatic heterocycles. The molecule has 9 nitrogen and oxygen atoms in total. The van der Waals surface area contributed by atoms with Crippen molar-refractivity contribution in [3.63, 3.8) is 0 Å². The second-order valence-electron chi connectivity index (χ2n) is 7.06. The van der Waals surface area contributed by atoms with Gasteiger partial charge in [0, 0.05) is 11.5 Å². The van der Waals surface area contributed by atoms with Crippen LogP contribution in [0.2, 0.25) is 0 Å². The average molecular weight is 434 g/mol. The summed E-state index contributed by atoms with van der Waals surface area (Å²) >= 11 is 0. The summed E-state index contributed by atoms with van der Waals surface area (Å²) in [6, 6.07) is 13.2. The molecule has 2 aromatic carbocycles. The van der Waals surface area contributed by atoms with E-state index in [0.29, 0.717) is 39.8 Å². The number of aromatic amines is 1. The lowest BCUT2D eigenvalue weighted by Gasteiger charge is -2.29. The van der Waals surface area contributed by atoms with Gasteiger partial charge in [-0.25, -0.2) is 0 Å². The number of nitrogens with one attached hydrogen (secondary N) is 2. The second kappa shape index (κ2) is 8.51. The molecule has 3 aromatic rings. The van der Waals surface area contributed by atoms with Crippen molar-refractivity contribution in [2.45, 2.75) is 5.92 Å². The first kappa shape index (κ1) is 21.1. The number of hydrogen-bond acceptors (Lipinski definition) is 8. The molecule has 9 heteroatoms. The normalized spacial score (nSPS) is 17.0. The number of methoxy groups -OCH3 is 4. The van der Waals surface area contributed by atoms with Crippen molar-refractivity contribution in [3.05, 3.63) is 47.5 Å². The second-order valence-corrected chi connectivity index (χ2v) is 7.06. The number of benzene rings is 2. The van der Waals surface area contributed by atoms with Crippen LogP contribution in [-0.2, 0) is 0 Å². The molecular formula is C23H22N4O5. The van der Waals surface area contributed by atoms with Crippen molar-refractivity contribution in [3.8, 4) is 46.2 Å². The Hall–Kier alpha value is -4.19. The van der Waals surface area contributed by atoms with Crippen molar-refractivity contribution in [2.75, 3.05) is 28.4 Å². The first-order valence-electron chi connectivity index (χ1n) is 9.74.